The number of thiophene rings is 1. The van der Waals surface area contributed by atoms with Gasteiger partial charge in [0, 0.05) is 17.5 Å². The average Bonchev–Trinajstić information content (AvgIpc) is 3.34. The highest BCUT2D eigenvalue weighted by atomic mass is 32.1. The van der Waals surface area contributed by atoms with E-state index in [4.69, 9.17) is 9.47 Å². The fourth-order valence-electron chi connectivity index (χ4n) is 4.37. The van der Waals surface area contributed by atoms with Crippen LogP contribution in [0.1, 0.15) is 33.2 Å². The Morgan fingerprint density at radius 1 is 1.18 bits per heavy atom. The van der Waals surface area contributed by atoms with Crippen LogP contribution in [-0.4, -0.2) is 43.0 Å². The third kappa shape index (κ3) is 4.62. The van der Waals surface area contributed by atoms with Gasteiger partial charge in [0.25, 0.3) is 5.69 Å². The van der Waals surface area contributed by atoms with Gasteiger partial charge < -0.3 is 14.8 Å². The van der Waals surface area contributed by atoms with Crippen LogP contribution >= 0.6 is 11.3 Å². The van der Waals surface area contributed by atoms with Crippen LogP contribution in [-0.2, 0) is 11.2 Å². The topological polar surface area (TPSA) is 93.9 Å². The fourth-order valence-corrected chi connectivity index (χ4v) is 5.25. The summed E-state index contributed by atoms with van der Waals surface area (Å²) in [6, 6.07) is 11.1. The molecule has 2 heterocycles. The van der Waals surface area contributed by atoms with Crippen molar-refractivity contribution in [2.75, 3.05) is 32.6 Å². The molecule has 4 rings (SSSR count). The monoisotopic (exact) mass is 481 g/mol. The van der Waals surface area contributed by atoms with Crippen molar-refractivity contribution in [1.29, 1.82) is 0 Å². The molecule has 1 unspecified atom stereocenters. The zero-order valence-corrected chi connectivity index (χ0v) is 20.4. The second-order valence-electron chi connectivity index (χ2n) is 8.30. The summed E-state index contributed by atoms with van der Waals surface area (Å²) in [7, 11) is 3.22. The van der Waals surface area contributed by atoms with E-state index >= 15 is 0 Å². The standard InChI is InChI=1S/C25H27N3O5S/c1-15-10-19(20(28(30)31)11-16(15)2)26-24(29)14-27-8-7-17-12-21(32-3)22(33-4)13-18(17)25(27)23-6-5-9-34-23/h5-6,9-13,25H,7-8,14H2,1-4H3,(H,26,29). The average molecular weight is 482 g/mol. The van der Waals surface area contributed by atoms with E-state index in [-0.39, 0.29) is 29.9 Å². The molecule has 1 aliphatic rings. The Balaban J connectivity index is 1.64. The maximum absolute atomic E-state index is 13.1. The molecule has 0 aliphatic carbocycles. The molecule has 1 amide bonds. The first-order valence-corrected chi connectivity index (χ1v) is 11.8. The fraction of sp³-hybridized carbons (Fsp3) is 0.320. The quantitative estimate of drug-likeness (QED) is 0.382. The van der Waals surface area contributed by atoms with Gasteiger partial charge in [0.1, 0.15) is 5.69 Å². The smallest absolute Gasteiger partial charge is 0.293 e. The third-order valence-electron chi connectivity index (χ3n) is 6.22. The zero-order chi connectivity index (χ0) is 24.4. The molecule has 9 heteroatoms. The number of rotatable bonds is 7. The number of aryl methyl sites for hydroxylation is 2. The number of methoxy groups -OCH3 is 2. The van der Waals surface area contributed by atoms with Crippen LogP contribution in [0.5, 0.6) is 11.5 Å². The molecule has 0 bridgehead atoms. The van der Waals surface area contributed by atoms with E-state index in [1.807, 2.05) is 37.4 Å². The molecule has 0 spiro atoms. The Morgan fingerprint density at radius 3 is 2.53 bits per heavy atom. The van der Waals surface area contributed by atoms with E-state index in [1.54, 1.807) is 31.6 Å². The van der Waals surface area contributed by atoms with Gasteiger partial charge in [0.2, 0.25) is 5.91 Å². The predicted molar refractivity (Wildman–Crippen MR) is 132 cm³/mol. The lowest BCUT2D eigenvalue weighted by Gasteiger charge is -2.37. The molecular weight excluding hydrogens is 454 g/mol. The first-order valence-electron chi connectivity index (χ1n) is 10.9. The molecule has 34 heavy (non-hydrogen) atoms. The van der Waals surface area contributed by atoms with Gasteiger partial charge in [-0.2, -0.15) is 0 Å². The van der Waals surface area contributed by atoms with E-state index in [0.717, 1.165) is 33.6 Å². The van der Waals surface area contributed by atoms with Crippen LogP contribution in [0.4, 0.5) is 11.4 Å². The highest BCUT2D eigenvalue weighted by Crippen LogP contribution is 2.42. The van der Waals surface area contributed by atoms with E-state index < -0.39 is 4.92 Å². The van der Waals surface area contributed by atoms with Gasteiger partial charge in [0.15, 0.2) is 11.5 Å². The lowest BCUT2D eigenvalue weighted by molar-refractivity contribution is -0.384. The maximum atomic E-state index is 13.1. The second-order valence-corrected chi connectivity index (χ2v) is 9.28. The number of benzene rings is 2. The summed E-state index contributed by atoms with van der Waals surface area (Å²) in [5.74, 6) is 1.02. The van der Waals surface area contributed by atoms with Crippen molar-refractivity contribution in [2.24, 2.45) is 0 Å². The van der Waals surface area contributed by atoms with Gasteiger partial charge in [-0.25, -0.2) is 0 Å². The molecule has 2 aromatic carbocycles. The number of hydrogen-bond donors (Lipinski definition) is 1. The number of nitrogens with one attached hydrogen (secondary N) is 1. The number of fused-ring (bicyclic) bond motifs is 1. The van der Waals surface area contributed by atoms with Crippen molar-refractivity contribution >= 4 is 28.6 Å². The SMILES string of the molecule is COc1cc2c(cc1OC)C(c1cccs1)N(CC(=O)Nc1cc(C)c(C)cc1[N+](=O)[O-])CC2. The van der Waals surface area contributed by atoms with Gasteiger partial charge >= 0.3 is 0 Å². The van der Waals surface area contributed by atoms with Crippen LogP contribution in [0, 0.1) is 24.0 Å². The molecule has 1 aromatic heterocycles. The first kappa shape index (κ1) is 23.7. The Hall–Kier alpha value is -3.43. The van der Waals surface area contributed by atoms with Crippen LogP contribution in [0.15, 0.2) is 41.8 Å². The molecule has 3 aromatic rings. The molecule has 0 fully saturated rings. The number of nitro groups is 1. The number of nitro benzene ring substituents is 1. The van der Waals surface area contributed by atoms with Crippen molar-refractivity contribution in [3.63, 3.8) is 0 Å². The van der Waals surface area contributed by atoms with Crippen LogP contribution in [0.3, 0.4) is 0 Å². The summed E-state index contributed by atoms with van der Waals surface area (Å²) in [5.41, 5.74) is 4.01. The van der Waals surface area contributed by atoms with E-state index in [9.17, 15) is 14.9 Å². The summed E-state index contributed by atoms with van der Waals surface area (Å²) in [6.07, 6.45) is 0.745. The van der Waals surface area contributed by atoms with Gasteiger partial charge in [0.05, 0.1) is 31.7 Å². The molecule has 1 aliphatic heterocycles. The molecule has 0 radical (unpaired) electrons. The Bertz CT molecular complexity index is 1230. The second kappa shape index (κ2) is 9.82. The van der Waals surface area contributed by atoms with Crippen LogP contribution in [0.2, 0.25) is 0 Å². The third-order valence-corrected chi connectivity index (χ3v) is 7.14. The minimum atomic E-state index is -0.465. The van der Waals surface area contributed by atoms with Gasteiger partial charge in [-0.05, 0) is 72.2 Å². The Labute approximate surface area is 202 Å². The van der Waals surface area contributed by atoms with Crippen molar-refractivity contribution in [1.82, 2.24) is 4.90 Å². The highest BCUT2D eigenvalue weighted by Gasteiger charge is 2.32. The van der Waals surface area contributed by atoms with E-state index in [1.165, 1.54) is 6.07 Å². The van der Waals surface area contributed by atoms with Crippen LogP contribution in [0.25, 0.3) is 0 Å². The summed E-state index contributed by atoms with van der Waals surface area (Å²) in [5, 5.41) is 16.3. The minimum Gasteiger partial charge on any atom is -0.493 e. The van der Waals surface area contributed by atoms with Gasteiger partial charge in [-0.3, -0.25) is 19.8 Å². The lowest BCUT2D eigenvalue weighted by Crippen LogP contribution is -2.41. The number of amides is 1. The Morgan fingerprint density at radius 2 is 1.88 bits per heavy atom. The van der Waals surface area contributed by atoms with Crippen molar-refractivity contribution < 1.29 is 19.2 Å². The zero-order valence-electron chi connectivity index (χ0n) is 19.6. The number of hydrogen-bond acceptors (Lipinski definition) is 7. The number of nitrogens with zero attached hydrogens (tertiary/aromatic N) is 2. The molecule has 1 N–H and O–H groups in total. The number of anilines is 1. The summed E-state index contributed by atoms with van der Waals surface area (Å²) < 4.78 is 11.0. The van der Waals surface area contributed by atoms with E-state index in [2.05, 4.69) is 16.3 Å². The van der Waals surface area contributed by atoms with Gasteiger partial charge in [-0.1, -0.05) is 6.07 Å². The molecule has 178 valence electrons. The first-order chi connectivity index (χ1) is 16.3. The number of ether oxygens (including phenoxy) is 2. The normalized spacial score (nSPS) is 15.5. The summed E-state index contributed by atoms with van der Waals surface area (Å²) in [6.45, 7) is 4.44. The Kier molecular flexibility index (Phi) is 6.85. The van der Waals surface area contributed by atoms with E-state index in [0.29, 0.717) is 18.0 Å². The van der Waals surface area contributed by atoms with Crippen LogP contribution < -0.4 is 14.8 Å². The highest BCUT2D eigenvalue weighted by molar-refractivity contribution is 7.10. The number of carbonyl (C=O) groups excluding carboxylic acids is 1. The molecular formula is C25H27N3O5S. The number of carbonyl (C=O) groups is 1. The summed E-state index contributed by atoms with van der Waals surface area (Å²) in [4.78, 5) is 27.4. The maximum Gasteiger partial charge on any atom is 0.293 e. The molecule has 8 nitrogen and oxygen atoms in total. The largest absolute Gasteiger partial charge is 0.493 e. The van der Waals surface area contributed by atoms with Crippen molar-refractivity contribution in [3.05, 3.63) is 79.0 Å². The predicted octanol–water partition coefficient (Wildman–Crippen LogP) is 4.88. The summed E-state index contributed by atoms with van der Waals surface area (Å²) >= 11 is 1.63. The molecule has 0 saturated heterocycles. The van der Waals surface area contributed by atoms with Crippen molar-refractivity contribution in [3.8, 4) is 11.5 Å². The van der Waals surface area contributed by atoms with Crippen molar-refractivity contribution in [2.45, 2.75) is 26.3 Å². The lowest BCUT2D eigenvalue weighted by atomic mass is 9.91. The molecule has 0 saturated carbocycles. The molecule has 1 atom stereocenters. The minimum absolute atomic E-state index is 0.0976. The van der Waals surface area contributed by atoms with Gasteiger partial charge in [-0.15, -0.1) is 11.3 Å².